The van der Waals surface area contributed by atoms with Crippen LogP contribution in [0.1, 0.15) is 5.56 Å². The molecule has 2 heterocycles. The zero-order chi connectivity index (χ0) is 15.4. The number of hydrogen-bond acceptors (Lipinski definition) is 4. The van der Waals surface area contributed by atoms with Crippen molar-refractivity contribution in [2.24, 2.45) is 0 Å². The summed E-state index contributed by atoms with van der Waals surface area (Å²) < 4.78 is 0.614. The summed E-state index contributed by atoms with van der Waals surface area (Å²) in [6.07, 6.45) is 1.19. The highest BCUT2D eigenvalue weighted by atomic mass is 79.9. The van der Waals surface area contributed by atoms with Gasteiger partial charge in [0.1, 0.15) is 4.60 Å². The predicted molar refractivity (Wildman–Crippen MR) is 85.2 cm³/mol. The number of nitrogens with zero attached hydrogens (tertiary/aromatic N) is 4. The zero-order valence-electron chi connectivity index (χ0n) is 12.1. The van der Waals surface area contributed by atoms with Crippen LogP contribution in [-0.2, 0) is 6.54 Å². The van der Waals surface area contributed by atoms with Crippen LogP contribution in [0.15, 0.2) is 47.2 Å². The summed E-state index contributed by atoms with van der Waals surface area (Å²) in [4.78, 5) is 22.5. The largest absolute Gasteiger partial charge is 0.436 e. The second kappa shape index (κ2) is 6.93. The Morgan fingerprint density at radius 2 is 1.86 bits per heavy atom. The summed E-state index contributed by atoms with van der Waals surface area (Å²) in [5, 5.41) is 3.91. The number of halogens is 1. The highest BCUT2D eigenvalue weighted by Crippen LogP contribution is 2.10. The van der Waals surface area contributed by atoms with Crippen LogP contribution < -0.4 is 4.84 Å². The third-order valence-corrected chi connectivity index (χ3v) is 4.18. The Morgan fingerprint density at radius 3 is 2.50 bits per heavy atom. The Balaban J connectivity index is 1.49. The zero-order valence-corrected chi connectivity index (χ0v) is 13.6. The highest BCUT2D eigenvalue weighted by Gasteiger charge is 2.23. The van der Waals surface area contributed by atoms with Gasteiger partial charge in [0.15, 0.2) is 0 Å². The molecule has 0 aliphatic carbocycles. The molecular weight excluding hydrogens is 348 g/mol. The van der Waals surface area contributed by atoms with Gasteiger partial charge >= 0.3 is 6.09 Å². The Hall–Kier alpha value is -1.86. The number of amides is 1. The summed E-state index contributed by atoms with van der Waals surface area (Å²) in [7, 11) is 0. The van der Waals surface area contributed by atoms with E-state index in [0.717, 1.165) is 19.6 Å². The minimum Gasteiger partial charge on any atom is -0.304 e. The molecule has 0 spiro atoms. The van der Waals surface area contributed by atoms with Gasteiger partial charge in [-0.3, -0.25) is 9.74 Å². The van der Waals surface area contributed by atoms with Crippen molar-refractivity contribution in [1.82, 2.24) is 19.7 Å². The average molecular weight is 365 g/mol. The molecule has 1 aromatic carbocycles. The molecule has 7 heteroatoms. The molecule has 1 saturated heterocycles. The minimum atomic E-state index is -0.372. The first-order valence-electron chi connectivity index (χ1n) is 7.15. The third kappa shape index (κ3) is 3.66. The first-order chi connectivity index (χ1) is 10.7. The van der Waals surface area contributed by atoms with Gasteiger partial charge in [0.2, 0.25) is 0 Å². The van der Waals surface area contributed by atoms with Crippen LogP contribution >= 0.6 is 15.9 Å². The van der Waals surface area contributed by atoms with Crippen molar-refractivity contribution < 1.29 is 9.63 Å². The lowest BCUT2D eigenvalue weighted by molar-refractivity contribution is 0.0559. The van der Waals surface area contributed by atoms with Crippen LogP contribution in [0.5, 0.6) is 0 Å². The van der Waals surface area contributed by atoms with Crippen LogP contribution in [0.3, 0.4) is 0 Å². The summed E-state index contributed by atoms with van der Waals surface area (Å²) in [6, 6.07) is 12.1. The maximum absolute atomic E-state index is 12.1. The smallest absolute Gasteiger partial charge is 0.304 e. The van der Waals surface area contributed by atoms with Gasteiger partial charge in [-0.15, -0.1) is 5.10 Å². The molecule has 22 heavy (non-hydrogen) atoms. The fraction of sp³-hybridized carbons (Fsp3) is 0.333. The standard InChI is InChI=1S/C15H17BrN4O2/c16-14-6-7-17-20(14)22-15(21)19-10-8-18(9-11-19)12-13-4-2-1-3-5-13/h1-7H,8-12H2. The van der Waals surface area contributed by atoms with Crippen molar-refractivity contribution in [3.8, 4) is 0 Å². The van der Waals surface area contributed by atoms with E-state index in [2.05, 4.69) is 38.1 Å². The maximum atomic E-state index is 12.1. The van der Waals surface area contributed by atoms with Gasteiger partial charge in [0.25, 0.3) is 0 Å². The average Bonchev–Trinajstić information content (AvgIpc) is 2.94. The topological polar surface area (TPSA) is 50.6 Å². The molecule has 0 bridgehead atoms. The molecule has 3 rings (SSSR count). The molecule has 2 aromatic rings. The third-order valence-electron chi connectivity index (χ3n) is 3.61. The number of aromatic nitrogens is 2. The Morgan fingerprint density at radius 1 is 1.14 bits per heavy atom. The second-order valence-corrected chi connectivity index (χ2v) is 5.95. The van der Waals surface area contributed by atoms with E-state index in [0.29, 0.717) is 17.7 Å². The predicted octanol–water partition coefficient (Wildman–Crippen LogP) is 2.01. The van der Waals surface area contributed by atoms with Crippen LogP contribution in [0, 0.1) is 0 Å². The van der Waals surface area contributed by atoms with Crippen LogP contribution in [0.2, 0.25) is 0 Å². The molecule has 1 aliphatic heterocycles. The molecule has 0 unspecified atom stereocenters. The lowest BCUT2D eigenvalue weighted by Crippen LogP contribution is -2.50. The van der Waals surface area contributed by atoms with Crippen molar-refractivity contribution in [3.63, 3.8) is 0 Å². The monoisotopic (exact) mass is 364 g/mol. The Bertz CT molecular complexity index is 623. The minimum absolute atomic E-state index is 0.372. The Labute approximate surface area is 137 Å². The van der Waals surface area contributed by atoms with E-state index < -0.39 is 0 Å². The SMILES string of the molecule is O=C(On1nccc1Br)N1CCN(Cc2ccccc2)CC1. The first-order valence-corrected chi connectivity index (χ1v) is 7.95. The molecule has 0 atom stereocenters. The first kappa shape index (κ1) is 15.1. The molecule has 1 aliphatic rings. The Kier molecular flexibility index (Phi) is 4.74. The lowest BCUT2D eigenvalue weighted by atomic mass is 10.2. The van der Waals surface area contributed by atoms with E-state index in [1.807, 2.05) is 18.2 Å². The summed E-state index contributed by atoms with van der Waals surface area (Å²) in [6.45, 7) is 3.90. The van der Waals surface area contributed by atoms with E-state index in [9.17, 15) is 4.79 Å². The van der Waals surface area contributed by atoms with Gasteiger partial charge in [-0.2, -0.15) is 0 Å². The fourth-order valence-electron chi connectivity index (χ4n) is 2.40. The van der Waals surface area contributed by atoms with Crippen molar-refractivity contribution in [2.75, 3.05) is 26.2 Å². The van der Waals surface area contributed by atoms with E-state index >= 15 is 0 Å². The molecule has 1 amide bonds. The van der Waals surface area contributed by atoms with Crippen molar-refractivity contribution >= 4 is 22.0 Å². The summed E-state index contributed by atoms with van der Waals surface area (Å²) in [5.74, 6) is 0. The van der Waals surface area contributed by atoms with Gasteiger partial charge in [0.05, 0.1) is 6.20 Å². The van der Waals surface area contributed by atoms with Crippen LogP contribution in [-0.4, -0.2) is 52.0 Å². The number of carbonyl (C=O) groups is 1. The number of rotatable bonds is 3. The number of carbonyl (C=O) groups excluding carboxylic acids is 1. The molecule has 0 saturated carbocycles. The lowest BCUT2D eigenvalue weighted by Gasteiger charge is -2.33. The summed E-state index contributed by atoms with van der Waals surface area (Å²) in [5.41, 5.74) is 1.29. The van der Waals surface area contributed by atoms with Gasteiger partial charge in [0, 0.05) is 32.7 Å². The molecule has 1 aromatic heterocycles. The van der Waals surface area contributed by atoms with Crippen LogP contribution in [0.25, 0.3) is 0 Å². The number of hydrogen-bond donors (Lipinski definition) is 0. The van der Waals surface area contributed by atoms with Gasteiger partial charge in [-0.1, -0.05) is 35.2 Å². The summed E-state index contributed by atoms with van der Waals surface area (Å²) >= 11 is 3.26. The normalized spacial score (nSPS) is 15.8. The van der Waals surface area contributed by atoms with Gasteiger partial charge in [-0.05, 0) is 27.6 Å². The molecule has 1 fully saturated rings. The molecule has 0 N–H and O–H groups in total. The highest BCUT2D eigenvalue weighted by molar-refractivity contribution is 9.10. The molecule has 6 nitrogen and oxygen atoms in total. The van der Waals surface area contributed by atoms with Crippen molar-refractivity contribution in [3.05, 3.63) is 52.8 Å². The van der Waals surface area contributed by atoms with Crippen molar-refractivity contribution in [1.29, 1.82) is 0 Å². The van der Waals surface area contributed by atoms with E-state index in [4.69, 9.17) is 4.84 Å². The number of piperazine rings is 1. The van der Waals surface area contributed by atoms with E-state index in [1.54, 1.807) is 17.2 Å². The maximum Gasteiger partial charge on any atom is 0.436 e. The van der Waals surface area contributed by atoms with Crippen LogP contribution in [0.4, 0.5) is 4.79 Å². The fourth-order valence-corrected chi connectivity index (χ4v) is 2.69. The van der Waals surface area contributed by atoms with Gasteiger partial charge in [-0.25, -0.2) is 4.79 Å². The van der Waals surface area contributed by atoms with Gasteiger partial charge < -0.3 is 4.90 Å². The quantitative estimate of drug-likeness (QED) is 0.835. The molecule has 116 valence electrons. The van der Waals surface area contributed by atoms with E-state index in [1.165, 1.54) is 10.4 Å². The van der Waals surface area contributed by atoms with E-state index in [-0.39, 0.29) is 6.09 Å². The second-order valence-electron chi connectivity index (χ2n) is 5.13. The molecular formula is C15H17BrN4O2. The van der Waals surface area contributed by atoms with Crippen molar-refractivity contribution in [2.45, 2.75) is 6.54 Å². The molecule has 0 radical (unpaired) electrons. The number of benzene rings is 1.